The summed E-state index contributed by atoms with van der Waals surface area (Å²) in [5, 5.41) is 10.6. The van der Waals surface area contributed by atoms with E-state index in [1.807, 2.05) is 18.2 Å². The summed E-state index contributed by atoms with van der Waals surface area (Å²) in [6.45, 7) is 0.534. The smallest absolute Gasteiger partial charge is 0.409 e. The number of likely N-dealkylation sites (N-methyl/N-ethyl adjacent to an activating group) is 1. The maximum absolute atomic E-state index is 11.9. The molecule has 0 radical (unpaired) electrons. The molecule has 1 saturated heterocycles. The van der Waals surface area contributed by atoms with Crippen molar-refractivity contribution in [2.24, 2.45) is 0 Å². The fraction of sp³-hybridized carbons (Fsp3) is 0.357. The van der Waals surface area contributed by atoms with Crippen LogP contribution in [0.15, 0.2) is 24.4 Å². The van der Waals surface area contributed by atoms with Crippen LogP contribution >= 0.6 is 0 Å². The Kier molecular flexibility index (Phi) is 3.47. The first-order chi connectivity index (χ1) is 10.1. The molecule has 1 fully saturated rings. The molecule has 2 aromatic rings. The first-order valence-electron chi connectivity index (χ1n) is 6.76. The van der Waals surface area contributed by atoms with Gasteiger partial charge in [0.15, 0.2) is 0 Å². The van der Waals surface area contributed by atoms with Crippen molar-refractivity contribution in [3.8, 4) is 0 Å². The Morgan fingerprint density at radius 1 is 1.57 bits per heavy atom. The van der Waals surface area contributed by atoms with Crippen LogP contribution in [-0.2, 0) is 9.53 Å². The summed E-state index contributed by atoms with van der Waals surface area (Å²) >= 11 is 0. The van der Waals surface area contributed by atoms with Gasteiger partial charge in [0.05, 0.1) is 18.3 Å². The summed E-state index contributed by atoms with van der Waals surface area (Å²) in [4.78, 5) is 24.6. The van der Waals surface area contributed by atoms with E-state index >= 15 is 0 Å². The van der Waals surface area contributed by atoms with Crippen LogP contribution in [0.3, 0.4) is 0 Å². The largest absolute Gasteiger partial charge is 0.444 e. The van der Waals surface area contributed by atoms with Crippen LogP contribution in [0.25, 0.3) is 10.9 Å². The summed E-state index contributed by atoms with van der Waals surface area (Å²) in [7, 11) is 1.68. The lowest BCUT2D eigenvalue weighted by Gasteiger charge is -2.08. The lowest BCUT2D eigenvalue weighted by molar-refractivity contribution is -0.116. The molecule has 1 aromatic heterocycles. The van der Waals surface area contributed by atoms with Crippen LogP contribution in [0.4, 0.5) is 10.5 Å². The van der Waals surface area contributed by atoms with E-state index in [-0.39, 0.29) is 18.1 Å². The van der Waals surface area contributed by atoms with E-state index in [1.165, 1.54) is 4.90 Å². The molecule has 0 aliphatic carbocycles. The van der Waals surface area contributed by atoms with Gasteiger partial charge in [-0.3, -0.25) is 9.89 Å². The first-order valence-corrected chi connectivity index (χ1v) is 6.76. The molecule has 21 heavy (non-hydrogen) atoms. The lowest BCUT2D eigenvalue weighted by Crippen LogP contribution is -2.20. The normalized spacial score (nSPS) is 18.0. The minimum Gasteiger partial charge on any atom is -0.444 e. The van der Waals surface area contributed by atoms with E-state index in [2.05, 4.69) is 15.5 Å². The number of H-pyrrole nitrogens is 1. The van der Waals surface area contributed by atoms with Gasteiger partial charge in [0, 0.05) is 24.5 Å². The predicted octanol–water partition coefficient (Wildman–Crippen LogP) is 1.73. The Hall–Kier alpha value is -2.57. The Balaban J connectivity index is 1.53. The predicted molar refractivity (Wildman–Crippen MR) is 76.9 cm³/mol. The summed E-state index contributed by atoms with van der Waals surface area (Å²) in [5.41, 5.74) is 1.59. The van der Waals surface area contributed by atoms with Crippen molar-refractivity contribution in [3.05, 3.63) is 24.4 Å². The second kappa shape index (κ2) is 5.43. The number of hydrogen-bond donors (Lipinski definition) is 2. The Morgan fingerprint density at radius 2 is 2.43 bits per heavy atom. The number of fused-ring (bicyclic) bond motifs is 1. The van der Waals surface area contributed by atoms with Crippen molar-refractivity contribution in [1.29, 1.82) is 0 Å². The minimum absolute atomic E-state index is 0.0977. The maximum atomic E-state index is 11.9. The highest BCUT2D eigenvalue weighted by molar-refractivity contribution is 5.93. The molecule has 7 nitrogen and oxygen atoms in total. The van der Waals surface area contributed by atoms with Crippen molar-refractivity contribution in [1.82, 2.24) is 15.1 Å². The SMILES string of the molecule is CN1CC(CCC(=O)Nc2ccc3cn[nH]c3c2)OC1=O. The van der Waals surface area contributed by atoms with E-state index < -0.39 is 0 Å². The highest BCUT2D eigenvalue weighted by atomic mass is 16.6. The van der Waals surface area contributed by atoms with Gasteiger partial charge < -0.3 is 15.0 Å². The number of hydrogen-bond acceptors (Lipinski definition) is 4. The maximum Gasteiger partial charge on any atom is 0.409 e. The highest BCUT2D eigenvalue weighted by Gasteiger charge is 2.28. The highest BCUT2D eigenvalue weighted by Crippen LogP contribution is 2.18. The number of nitrogens with zero attached hydrogens (tertiary/aromatic N) is 2. The standard InChI is InChI=1S/C14H16N4O3/c1-18-8-11(21-14(18)20)4-5-13(19)16-10-3-2-9-7-15-17-12(9)6-10/h2-3,6-7,11H,4-5,8H2,1H3,(H,15,17)(H,16,19). The van der Waals surface area contributed by atoms with Crippen molar-refractivity contribution >= 4 is 28.6 Å². The number of aromatic amines is 1. The molecule has 0 spiro atoms. The van der Waals surface area contributed by atoms with E-state index in [4.69, 9.17) is 4.74 Å². The summed E-state index contributed by atoms with van der Waals surface area (Å²) in [6, 6.07) is 5.56. The van der Waals surface area contributed by atoms with Gasteiger partial charge in [0.1, 0.15) is 6.10 Å². The number of nitrogens with one attached hydrogen (secondary N) is 2. The van der Waals surface area contributed by atoms with E-state index in [9.17, 15) is 9.59 Å². The van der Waals surface area contributed by atoms with Gasteiger partial charge in [-0.15, -0.1) is 0 Å². The zero-order valence-electron chi connectivity index (χ0n) is 11.6. The number of carbonyl (C=O) groups excluding carboxylic acids is 2. The Morgan fingerprint density at radius 3 is 3.19 bits per heavy atom. The molecule has 1 aliphatic rings. The number of carbonyl (C=O) groups is 2. The van der Waals surface area contributed by atoms with Crippen LogP contribution in [0.1, 0.15) is 12.8 Å². The molecule has 110 valence electrons. The van der Waals surface area contributed by atoms with Gasteiger partial charge in [-0.2, -0.15) is 5.10 Å². The van der Waals surface area contributed by atoms with Gasteiger partial charge in [0.2, 0.25) is 5.91 Å². The van der Waals surface area contributed by atoms with E-state index in [0.29, 0.717) is 19.4 Å². The quantitative estimate of drug-likeness (QED) is 0.897. The molecule has 2 amide bonds. The van der Waals surface area contributed by atoms with Crippen molar-refractivity contribution in [2.75, 3.05) is 18.9 Å². The number of amides is 2. The topological polar surface area (TPSA) is 87.3 Å². The zero-order chi connectivity index (χ0) is 14.8. The monoisotopic (exact) mass is 288 g/mol. The van der Waals surface area contributed by atoms with Gasteiger partial charge in [-0.25, -0.2) is 4.79 Å². The van der Waals surface area contributed by atoms with Gasteiger partial charge in [-0.1, -0.05) is 0 Å². The number of benzene rings is 1. The minimum atomic E-state index is -0.329. The second-order valence-electron chi connectivity index (χ2n) is 5.15. The van der Waals surface area contributed by atoms with E-state index in [0.717, 1.165) is 16.6 Å². The lowest BCUT2D eigenvalue weighted by atomic mass is 10.2. The molecule has 0 bridgehead atoms. The van der Waals surface area contributed by atoms with Crippen molar-refractivity contribution in [3.63, 3.8) is 0 Å². The fourth-order valence-electron chi connectivity index (χ4n) is 2.33. The third-order valence-electron chi connectivity index (χ3n) is 3.48. The summed E-state index contributed by atoms with van der Waals surface area (Å²) in [5.74, 6) is -0.0977. The van der Waals surface area contributed by atoms with Crippen LogP contribution in [0, 0.1) is 0 Å². The van der Waals surface area contributed by atoms with Crippen LogP contribution in [0.2, 0.25) is 0 Å². The van der Waals surface area contributed by atoms with Crippen LogP contribution in [-0.4, -0.2) is 46.8 Å². The van der Waals surface area contributed by atoms with Crippen molar-refractivity contribution in [2.45, 2.75) is 18.9 Å². The summed E-state index contributed by atoms with van der Waals surface area (Å²) in [6.07, 6.45) is 2.03. The Labute approximate surface area is 121 Å². The number of cyclic esters (lactones) is 1. The molecule has 1 unspecified atom stereocenters. The van der Waals surface area contributed by atoms with Gasteiger partial charge in [0.25, 0.3) is 0 Å². The first kappa shape index (κ1) is 13.4. The molecule has 1 aliphatic heterocycles. The molecule has 2 heterocycles. The van der Waals surface area contributed by atoms with Crippen LogP contribution < -0.4 is 5.32 Å². The third-order valence-corrected chi connectivity index (χ3v) is 3.48. The molecule has 1 aromatic carbocycles. The van der Waals surface area contributed by atoms with Gasteiger partial charge in [-0.05, 0) is 24.6 Å². The molecule has 1 atom stereocenters. The average molecular weight is 288 g/mol. The number of aromatic nitrogens is 2. The third kappa shape index (κ3) is 2.96. The van der Waals surface area contributed by atoms with Crippen LogP contribution in [0.5, 0.6) is 0 Å². The zero-order valence-corrected chi connectivity index (χ0v) is 11.6. The molecular formula is C14H16N4O3. The molecule has 7 heteroatoms. The van der Waals surface area contributed by atoms with E-state index in [1.54, 1.807) is 13.2 Å². The average Bonchev–Trinajstić information content (AvgIpc) is 3.03. The number of anilines is 1. The molecule has 2 N–H and O–H groups in total. The number of ether oxygens (including phenoxy) is 1. The molecule has 3 rings (SSSR count). The molecular weight excluding hydrogens is 272 g/mol. The molecule has 0 saturated carbocycles. The fourth-order valence-corrected chi connectivity index (χ4v) is 2.33. The van der Waals surface area contributed by atoms with Crippen molar-refractivity contribution < 1.29 is 14.3 Å². The summed E-state index contributed by atoms with van der Waals surface area (Å²) < 4.78 is 5.12. The second-order valence-corrected chi connectivity index (χ2v) is 5.15. The van der Waals surface area contributed by atoms with Gasteiger partial charge >= 0.3 is 6.09 Å². The number of rotatable bonds is 4. The Bertz CT molecular complexity index is 682.